The van der Waals surface area contributed by atoms with Gasteiger partial charge < -0.3 is 14.7 Å². The molecule has 5 nitrogen and oxygen atoms in total. The number of aromatic nitrogens is 2. The Morgan fingerprint density at radius 3 is 2.75 bits per heavy atom. The minimum absolute atomic E-state index is 0.169. The zero-order valence-corrected chi connectivity index (χ0v) is 8.84. The van der Waals surface area contributed by atoms with Gasteiger partial charge >= 0.3 is 0 Å². The van der Waals surface area contributed by atoms with Gasteiger partial charge in [-0.2, -0.15) is 4.98 Å². The molecule has 0 atom stereocenters. The predicted molar refractivity (Wildman–Crippen MR) is 57.1 cm³/mol. The summed E-state index contributed by atoms with van der Waals surface area (Å²) < 4.78 is 5.04. The van der Waals surface area contributed by atoms with E-state index >= 15 is 0 Å². The van der Waals surface area contributed by atoms with Crippen molar-refractivity contribution in [2.45, 2.75) is 19.8 Å². The Hall–Kier alpha value is -2.04. The molecule has 0 saturated heterocycles. The number of phenols is 2. The first kappa shape index (κ1) is 10.5. The molecule has 0 aliphatic rings. The van der Waals surface area contributed by atoms with E-state index in [1.807, 2.05) is 6.92 Å². The number of aryl methyl sites for hydroxylation is 1. The Morgan fingerprint density at radius 1 is 1.25 bits per heavy atom. The van der Waals surface area contributed by atoms with Crippen LogP contribution in [0.3, 0.4) is 0 Å². The molecule has 0 aliphatic heterocycles. The largest absolute Gasteiger partial charge is 0.504 e. The molecule has 2 rings (SSSR count). The summed E-state index contributed by atoms with van der Waals surface area (Å²) in [6.07, 6.45) is 1.70. The number of rotatable bonds is 3. The lowest BCUT2D eigenvalue weighted by Crippen LogP contribution is -1.85. The van der Waals surface area contributed by atoms with E-state index in [0.717, 1.165) is 12.8 Å². The number of phenolic OH excluding ortho intramolecular Hbond substituents is 2. The van der Waals surface area contributed by atoms with Gasteiger partial charge in [0.2, 0.25) is 0 Å². The van der Waals surface area contributed by atoms with Crippen LogP contribution < -0.4 is 0 Å². The molecule has 2 aromatic rings. The fourth-order valence-electron chi connectivity index (χ4n) is 1.35. The average Bonchev–Trinajstić information content (AvgIpc) is 2.71. The van der Waals surface area contributed by atoms with Crippen molar-refractivity contribution < 1.29 is 14.7 Å². The maximum Gasteiger partial charge on any atom is 0.258 e. The molecule has 0 radical (unpaired) electrons. The third-order valence-electron chi connectivity index (χ3n) is 2.16. The third-order valence-corrected chi connectivity index (χ3v) is 2.16. The fraction of sp³-hybridized carbons (Fsp3) is 0.273. The lowest BCUT2D eigenvalue weighted by molar-refractivity contribution is 0.402. The number of hydrogen-bond acceptors (Lipinski definition) is 5. The van der Waals surface area contributed by atoms with Crippen molar-refractivity contribution in [1.29, 1.82) is 0 Å². The molecule has 2 N–H and O–H groups in total. The van der Waals surface area contributed by atoms with Gasteiger partial charge in [0, 0.05) is 12.0 Å². The van der Waals surface area contributed by atoms with E-state index in [2.05, 4.69) is 10.1 Å². The van der Waals surface area contributed by atoms with Crippen LogP contribution in [-0.2, 0) is 6.42 Å². The van der Waals surface area contributed by atoms with Crippen molar-refractivity contribution in [3.05, 3.63) is 24.0 Å². The number of aromatic hydroxyl groups is 2. The van der Waals surface area contributed by atoms with E-state index in [1.165, 1.54) is 12.1 Å². The smallest absolute Gasteiger partial charge is 0.258 e. The maximum absolute atomic E-state index is 9.33. The Labute approximate surface area is 92.4 Å². The van der Waals surface area contributed by atoms with E-state index in [0.29, 0.717) is 17.3 Å². The van der Waals surface area contributed by atoms with Crippen LogP contribution in [0.25, 0.3) is 11.5 Å². The van der Waals surface area contributed by atoms with Gasteiger partial charge in [0.25, 0.3) is 5.89 Å². The molecule has 0 spiro atoms. The average molecular weight is 220 g/mol. The summed E-state index contributed by atoms with van der Waals surface area (Å²) in [5.41, 5.74) is 0.588. The highest BCUT2D eigenvalue weighted by molar-refractivity contribution is 5.58. The van der Waals surface area contributed by atoms with Crippen LogP contribution in [0.4, 0.5) is 0 Å². The topological polar surface area (TPSA) is 79.4 Å². The first-order valence-electron chi connectivity index (χ1n) is 5.05. The number of nitrogens with zero attached hydrogens (tertiary/aromatic N) is 2. The second-order valence-corrected chi connectivity index (χ2v) is 3.47. The van der Waals surface area contributed by atoms with Crippen molar-refractivity contribution in [2.75, 3.05) is 0 Å². The standard InChI is InChI=1S/C11H12N2O3/c1-2-3-10-12-11(16-13-10)7-4-5-8(14)9(15)6-7/h4-6,14-15H,2-3H2,1H3. The molecule has 84 valence electrons. The normalized spacial score (nSPS) is 10.6. The second-order valence-electron chi connectivity index (χ2n) is 3.47. The molecular weight excluding hydrogens is 208 g/mol. The van der Waals surface area contributed by atoms with Crippen LogP contribution in [0.1, 0.15) is 19.2 Å². The van der Waals surface area contributed by atoms with Gasteiger partial charge in [-0.3, -0.25) is 0 Å². The minimum atomic E-state index is -0.201. The molecule has 16 heavy (non-hydrogen) atoms. The van der Waals surface area contributed by atoms with Gasteiger partial charge in [0.05, 0.1) is 0 Å². The van der Waals surface area contributed by atoms with E-state index in [1.54, 1.807) is 6.07 Å². The van der Waals surface area contributed by atoms with Crippen molar-refractivity contribution in [3.8, 4) is 23.0 Å². The molecule has 5 heteroatoms. The second kappa shape index (κ2) is 4.22. The van der Waals surface area contributed by atoms with E-state index in [-0.39, 0.29) is 11.5 Å². The SMILES string of the molecule is CCCc1noc(-c2ccc(O)c(O)c2)n1. The van der Waals surface area contributed by atoms with E-state index < -0.39 is 0 Å². The summed E-state index contributed by atoms with van der Waals surface area (Å²) in [4.78, 5) is 4.17. The number of hydrogen-bond donors (Lipinski definition) is 2. The minimum Gasteiger partial charge on any atom is -0.504 e. The molecule has 0 unspecified atom stereocenters. The number of benzene rings is 1. The monoisotopic (exact) mass is 220 g/mol. The first-order chi connectivity index (χ1) is 7.70. The molecule has 0 amide bonds. The lowest BCUT2D eigenvalue weighted by atomic mass is 10.2. The maximum atomic E-state index is 9.33. The molecule has 0 aliphatic carbocycles. The van der Waals surface area contributed by atoms with Gasteiger partial charge in [-0.05, 0) is 24.6 Å². The summed E-state index contributed by atoms with van der Waals surface area (Å²) in [7, 11) is 0. The highest BCUT2D eigenvalue weighted by Crippen LogP contribution is 2.29. The van der Waals surface area contributed by atoms with Crippen molar-refractivity contribution in [2.24, 2.45) is 0 Å². The molecule has 1 aromatic carbocycles. The van der Waals surface area contributed by atoms with Gasteiger partial charge in [0.1, 0.15) is 0 Å². The third kappa shape index (κ3) is 1.98. The molecule has 0 bridgehead atoms. The van der Waals surface area contributed by atoms with Crippen molar-refractivity contribution in [3.63, 3.8) is 0 Å². The summed E-state index contributed by atoms with van der Waals surface area (Å²) in [6, 6.07) is 4.38. The van der Waals surface area contributed by atoms with E-state index in [9.17, 15) is 5.11 Å². The predicted octanol–water partition coefficient (Wildman–Crippen LogP) is 2.10. The molecule has 0 fully saturated rings. The van der Waals surface area contributed by atoms with Crippen LogP contribution in [0.15, 0.2) is 22.7 Å². The Morgan fingerprint density at radius 2 is 2.06 bits per heavy atom. The fourth-order valence-corrected chi connectivity index (χ4v) is 1.35. The zero-order chi connectivity index (χ0) is 11.5. The summed E-state index contributed by atoms with van der Waals surface area (Å²) in [5, 5.41) is 22.3. The summed E-state index contributed by atoms with van der Waals surface area (Å²) >= 11 is 0. The Kier molecular flexibility index (Phi) is 2.76. The first-order valence-corrected chi connectivity index (χ1v) is 5.05. The van der Waals surface area contributed by atoms with E-state index in [4.69, 9.17) is 9.63 Å². The molecular formula is C11H12N2O3. The highest BCUT2D eigenvalue weighted by Gasteiger charge is 2.10. The van der Waals surface area contributed by atoms with Crippen LogP contribution in [0, 0.1) is 0 Å². The van der Waals surface area contributed by atoms with Crippen LogP contribution in [-0.4, -0.2) is 20.4 Å². The Balaban J connectivity index is 2.31. The lowest BCUT2D eigenvalue weighted by Gasteiger charge is -1.98. The molecule has 1 aromatic heterocycles. The zero-order valence-electron chi connectivity index (χ0n) is 8.84. The molecule has 0 saturated carbocycles. The summed E-state index contributed by atoms with van der Waals surface area (Å²) in [6.45, 7) is 2.03. The summed E-state index contributed by atoms with van der Waals surface area (Å²) in [5.74, 6) is 0.619. The van der Waals surface area contributed by atoms with Crippen LogP contribution >= 0.6 is 0 Å². The Bertz CT molecular complexity index is 494. The molecule has 1 heterocycles. The van der Waals surface area contributed by atoms with Crippen molar-refractivity contribution in [1.82, 2.24) is 10.1 Å². The van der Waals surface area contributed by atoms with Gasteiger partial charge in [-0.15, -0.1) is 0 Å². The van der Waals surface area contributed by atoms with Crippen LogP contribution in [0.5, 0.6) is 11.5 Å². The quantitative estimate of drug-likeness (QED) is 0.774. The van der Waals surface area contributed by atoms with Crippen LogP contribution in [0.2, 0.25) is 0 Å². The van der Waals surface area contributed by atoms with Gasteiger partial charge in [0.15, 0.2) is 17.3 Å². The van der Waals surface area contributed by atoms with Crippen molar-refractivity contribution >= 4 is 0 Å². The van der Waals surface area contributed by atoms with Gasteiger partial charge in [-0.1, -0.05) is 12.1 Å². The highest BCUT2D eigenvalue weighted by atomic mass is 16.5. The van der Waals surface area contributed by atoms with Gasteiger partial charge in [-0.25, -0.2) is 0 Å².